The van der Waals surface area contributed by atoms with Crippen LogP contribution in [0.4, 0.5) is 10.5 Å². The summed E-state index contributed by atoms with van der Waals surface area (Å²) < 4.78 is 0. The summed E-state index contributed by atoms with van der Waals surface area (Å²) in [6.07, 6.45) is 4.45. The van der Waals surface area contributed by atoms with Crippen molar-refractivity contribution < 1.29 is 9.59 Å². The number of nitrogens with one attached hydrogen (secondary N) is 2. The monoisotopic (exact) mass is 327 g/mol. The predicted octanol–water partition coefficient (Wildman–Crippen LogP) is 2.91. The second-order valence-electron chi connectivity index (χ2n) is 6.80. The summed E-state index contributed by atoms with van der Waals surface area (Å²) in [4.78, 5) is 25.8. The van der Waals surface area contributed by atoms with E-state index in [-0.39, 0.29) is 11.8 Å². The van der Waals surface area contributed by atoms with Crippen LogP contribution in [0, 0.1) is 11.8 Å². The van der Waals surface area contributed by atoms with Crippen molar-refractivity contribution in [2.45, 2.75) is 25.8 Å². The second-order valence-corrected chi connectivity index (χ2v) is 6.80. The number of piperidine rings is 3. The summed E-state index contributed by atoms with van der Waals surface area (Å²) in [6, 6.07) is 7.16. The average molecular weight is 327 g/mol. The number of anilines is 1. The topological polar surface area (TPSA) is 61.4 Å². The van der Waals surface area contributed by atoms with Gasteiger partial charge in [-0.3, -0.25) is 9.69 Å². The van der Waals surface area contributed by atoms with E-state index in [1.165, 1.54) is 13.3 Å². The Morgan fingerprint density at radius 1 is 1.33 bits per heavy atom. The standard InChI is InChI=1S/C19H25N3O2/c1-3-14-12-22-9-8-16(14)10-18(22)11-20-19(24)21-17-6-4-15(5-7-17)13(2)23/h3-7,14,16,18H,1,8-12H2,2H3,(H2,20,21,24)/t14-,16-,18+/m0/s1. The lowest BCUT2D eigenvalue weighted by Gasteiger charge is -2.49. The highest BCUT2D eigenvalue weighted by molar-refractivity contribution is 5.95. The van der Waals surface area contributed by atoms with Gasteiger partial charge >= 0.3 is 6.03 Å². The first-order chi connectivity index (χ1) is 11.6. The van der Waals surface area contributed by atoms with E-state index in [1.807, 2.05) is 0 Å². The molecule has 3 saturated heterocycles. The minimum absolute atomic E-state index is 0.0187. The van der Waals surface area contributed by atoms with E-state index in [0.717, 1.165) is 19.5 Å². The van der Waals surface area contributed by atoms with Crippen molar-refractivity contribution in [1.29, 1.82) is 0 Å². The molecule has 3 fully saturated rings. The van der Waals surface area contributed by atoms with Gasteiger partial charge in [-0.05, 0) is 62.4 Å². The smallest absolute Gasteiger partial charge is 0.319 e. The zero-order valence-electron chi connectivity index (χ0n) is 14.1. The van der Waals surface area contributed by atoms with Crippen molar-refractivity contribution in [3.63, 3.8) is 0 Å². The molecule has 5 heteroatoms. The highest BCUT2D eigenvalue weighted by atomic mass is 16.2. The Hall–Kier alpha value is -2.14. The molecule has 1 aromatic carbocycles. The molecule has 1 unspecified atom stereocenters. The molecule has 2 bridgehead atoms. The van der Waals surface area contributed by atoms with Gasteiger partial charge in [0.15, 0.2) is 5.78 Å². The third-order valence-electron chi connectivity index (χ3n) is 5.28. The number of nitrogens with zero attached hydrogens (tertiary/aromatic N) is 1. The van der Waals surface area contributed by atoms with E-state index in [2.05, 4.69) is 28.2 Å². The van der Waals surface area contributed by atoms with Gasteiger partial charge in [0, 0.05) is 30.4 Å². The number of hydrogen-bond donors (Lipinski definition) is 2. The van der Waals surface area contributed by atoms with Crippen molar-refractivity contribution in [1.82, 2.24) is 10.2 Å². The molecule has 3 heterocycles. The first kappa shape index (κ1) is 16.7. The molecule has 24 heavy (non-hydrogen) atoms. The lowest BCUT2D eigenvalue weighted by Crippen LogP contribution is -2.56. The highest BCUT2D eigenvalue weighted by Gasteiger charge is 2.38. The largest absolute Gasteiger partial charge is 0.336 e. The van der Waals surface area contributed by atoms with Crippen molar-refractivity contribution in [2.75, 3.05) is 25.0 Å². The maximum absolute atomic E-state index is 12.1. The molecule has 1 aromatic rings. The third kappa shape index (κ3) is 3.67. The van der Waals surface area contributed by atoms with Crippen molar-refractivity contribution >= 4 is 17.5 Å². The van der Waals surface area contributed by atoms with Crippen molar-refractivity contribution in [3.8, 4) is 0 Å². The molecule has 4 atom stereocenters. The Kier molecular flexibility index (Phi) is 5.00. The second kappa shape index (κ2) is 7.18. The van der Waals surface area contributed by atoms with E-state index in [4.69, 9.17) is 0 Å². The molecule has 0 spiro atoms. The summed E-state index contributed by atoms with van der Waals surface area (Å²) in [5.74, 6) is 1.33. The predicted molar refractivity (Wildman–Crippen MR) is 95.2 cm³/mol. The first-order valence-electron chi connectivity index (χ1n) is 8.59. The number of Topliss-reactive ketones (excluding diaryl/α,β-unsaturated/α-hetero) is 1. The fraction of sp³-hybridized carbons (Fsp3) is 0.474. The Labute approximate surface area is 143 Å². The zero-order valence-corrected chi connectivity index (χ0v) is 14.1. The Morgan fingerprint density at radius 3 is 2.67 bits per heavy atom. The van der Waals surface area contributed by atoms with Crippen LogP contribution in [0.1, 0.15) is 30.1 Å². The van der Waals surface area contributed by atoms with Gasteiger partial charge in [0.05, 0.1) is 0 Å². The van der Waals surface area contributed by atoms with Crippen LogP contribution in [-0.2, 0) is 0 Å². The van der Waals surface area contributed by atoms with E-state index < -0.39 is 0 Å². The Bertz CT molecular complexity index is 626. The number of ketones is 1. The molecule has 2 N–H and O–H groups in total. The minimum atomic E-state index is -0.200. The van der Waals surface area contributed by atoms with E-state index >= 15 is 0 Å². The third-order valence-corrected chi connectivity index (χ3v) is 5.28. The van der Waals surface area contributed by atoms with Crippen molar-refractivity contribution in [3.05, 3.63) is 42.5 Å². The van der Waals surface area contributed by atoms with Gasteiger partial charge in [0.1, 0.15) is 0 Å². The molecule has 3 aliphatic rings. The molecule has 0 aromatic heterocycles. The quantitative estimate of drug-likeness (QED) is 0.646. The van der Waals surface area contributed by atoms with Crippen LogP contribution < -0.4 is 10.6 Å². The molecule has 3 aliphatic heterocycles. The number of carbonyl (C=O) groups excluding carboxylic acids is 2. The van der Waals surface area contributed by atoms with Crippen LogP contribution >= 0.6 is 0 Å². The molecule has 0 radical (unpaired) electrons. The summed E-state index contributed by atoms with van der Waals surface area (Å²) >= 11 is 0. The van der Waals surface area contributed by atoms with Gasteiger partial charge in [0.2, 0.25) is 0 Å². The van der Waals surface area contributed by atoms with Crippen LogP contribution in [0.3, 0.4) is 0 Å². The van der Waals surface area contributed by atoms with Crippen LogP contribution in [-0.4, -0.2) is 42.4 Å². The molecule has 128 valence electrons. The molecule has 4 rings (SSSR count). The number of hydrogen-bond acceptors (Lipinski definition) is 3. The van der Waals surface area contributed by atoms with Gasteiger partial charge in [-0.2, -0.15) is 0 Å². The molecule has 0 aliphatic carbocycles. The van der Waals surface area contributed by atoms with Crippen LogP contribution in [0.15, 0.2) is 36.9 Å². The minimum Gasteiger partial charge on any atom is -0.336 e. The van der Waals surface area contributed by atoms with Crippen LogP contribution in [0.5, 0.6) is 0 Å². The van der Waals surface area contributed by atoms with E-state index in [1.54, 1.807) is 24.3 Å². The number of urea groups is 1. The van der Waals surface area contributed by atoms with Crippen LogP contribution in [0.2, 0.25) is 0 Å². The molecular formula is C19H25N3O2. The normalized spacial score (nSPS) is 28.2. The maximum Gasteiger partial charge on any atom is 0.319 e. The number of amides is 2. The lowest BCUT2D eigenvalue weighted by atomic mass is 9.75. The van der Waals surface area contributed by atoms with Crippen molar-refractivity contribution in [2.24, 2.45) is 11.8 Å². The lowest BCUT2D eigenvalue weighted by molar-refractivity contribution is 0.0209. The first-order valence-corrected chi connectivity index (χ1v) is 8.59. The highest BCUT2D eigenvalue weighted by Crippen LogP contribution is 2.36. The summed E-state index contributed by atoms with van der Waals surface area (Å²) in [5.41, 5.74) is 1.33. The van der Waals surface area contributed by atoms with E-state index in [0.29, 0.717) is 35.7 Å². The molecule has 5 nitrogen and oxygen atoms in total. The fourth-order valence-corrected chi connectivity index (χ4v) is 3.83. The molecule has 0 saturated carbocycles. The maximum atomic E-state index is 12.1. The number of rotatable bonds is 5. The number of fused-ring (bicyclic) bond motifs is 3. The van der Waals surface area contributed by atoms with Gasteiger partial charge in [-0.1, -0.05) is 6.08 Å². The summed E-state index contributed by atoms with van der Waals surface area (Å²) in [5, 5.41) is 5.79. The molecular weight excluding hydrogens is 302 g/mol. The molecule has 2 amide bonds. The Morgan fingerprint density at radius 2 is 2.08 bits per heavy atom. The average Bonchev–Trinajstić information content (AvgIpc) is 2.60. The van der Waals surface area contributed by atoms with Gasteiger partial charge < -0.3 is 10.6 Å². The Balaban J connectivity index is 1.48. The summed E-state index contributed by atoms with van der Waals surface area (Å²) in [6.45, 7) is 8.31. The van der Waals surface area contributed by atoms with Gasteiger partial charge in [-0.25, -0.2) is 4.79 Å². The number of carbonyl (C=O) groups is 2. The summed E-state index contributed by atoms with van der Waals surface area (Å²) in [7, 11) is 0. The SMILES string of the molecule is C=C[C@H]1CN2CC[C@H]1C[C@@H]2CNC(=O)Nc1ccc(C(C)=O)cc1. The van der Waals surface area contributed by atoms with Crippen LogP contribution in [0.25, 0.3) is 0 Å². The zero-order chi connectivity index (χ0) is 17.1. The number of benzene rings is 1. The van der Waals surface area contributed by atoms with Gasteiger partial charge in [0.25, 0.3) is 0 Å². The van der Waals surface area contributed by atoms with E-state index in [9.17, 15) is 9.59 Å². The fourth-order valence-electron chi connectivity index (χ4n) is 3.83. The van der Waals surface area contributed by atoms with Gasteiger partial charge in [-0.15, -0.1) is 6.58 Å².